The average Bonchev–Trinajstić information content (AvgIpc) is 2.92. The van der Waals surface area contributed by atoms with Crippen molar-refractivity contribution in [3.63, 3.8) is 0 Å². The Morgan fingerprint density at radius 2 is 1.95 bits per heavy atom. The predicted octanol–water partition coefficient (Wildman–Crippen LogP) is 2.15. The molecule has 3 nitrogen and oxygen atoms in total. The summed E-state index contributed by atoms with van der Waals surface area (Å²) in [6.07, 6.45) is 3.03. The number of carboxylic acids is 1. The lowest BCUT2D eigenvalue weighted by Gasteiger charge is -2.01. The Morgan fingerprint density at radius 1 is 1.20 bits per heavy atom. The van der Waals surface area contributed by atoms with Gasteiger partial charge in [0.25, 0.3) is 0 Å². The standard InChI is InChI=1S/C17H16O3/c18-12-15-6-5-14(11-15)4-2-1-3-13-7-9-16(10-8-13)17(19)20/h7-10,14-15,18H,5-6,11-12H2,(H,19,20). The number of benzene rings is 1. The highest BCUT2D eigenvalue weighted by molar-refractivity contribution is 5.87. The maximum Gasteiger partial charge on any atom is 0.335 e. The van der Waals surface area contributed by atoms with Crippen LogP contribution in [0, 0.1) is 35.5 Å². The molecule has 102 valence electrons. The molecule has 0 radical (unpaired) electrons. The van der Waals surface area contributed by atoms with E-state index in [1.807, 2.05) is 0 Å². The molecular weight excluding hydrogens is 252 g/mol. The number of rotatable bonds is 2. The van der Waals surface area contributed by atoms with Gasteiger partial charge in [0.2, 0.25) is 0 Å². The largest absolute Gasteiger partial charge is 0.478 e. The molecule has 0 spiro atoms. The van der Waals surface area contributed by atoms with Gasteiger partial charge in [-0.05, 0) is 61.3 Å². The Kier molecular flexibility index (Phi) is 4.82. The molecule has 0 aliphatic heterocycles. The first-order valence-corrected chi connectivity index (χ1v) is 6.65. The van der Waals surface area contributed by atoms with Crippen molar-refractivity contribution in [1.82, 2.24) is 0 Å². The third-order valence-electron chi connectivity index (χ3n) is 3.48. The zero-order chi connectivity index (χ0) is 14.4. The van der Waals surface area contributed by atoms with E-state index >= 15 is 0 Å². The Hall–Kier alpha value is -2.23. The molecule has 3 heteroatoms. The van der Waals surface area contributed by atoms with Crippen LogP contribution in [0.25, 0.3) is 0 Å². The van der Waals surface area contributed by atoms with Gasteiger partial charge in [-0.25, -0.2) is 4.79 Å². The van der Waals surface area contributed by atoms with Crippen LogP contribution in [0.15, 0.2) is 24.3 Å². The summed E-state index contributed by atoms with van der Waals surface area (Å²) in [5, 5.41) is 17.8. The topological polar surface area (TPSA) is 57.5 Å². The molecule has 1 aromatic rings. The van der Waals surface area contributed by atoms with Gasteiger partial charge >= 0.3 is 5.97 Å². The molecule has 0 heterocycles. The van der Waals surface area contributed by atoms with Crippen LogP contribution in [0.1, 0.15) is 35.2 Å². The van der Waals surface area contributed by atoms with Crippen molar-refractivity contribution in [2.24, 2.45) is 11.8 Å². The second-order valence-corrected chi connectivity index (χ2v) is 4.96. The van der Waals surface area contributed by atoms with E-state index in [0.29, 0.717) is 11.8 Å². The lowest BCUT2D eigenvalue weighted by molar-refractivity contribution is 0.0697. The van der Waals surface area contributed by atoms with E-state index in [1.165, 1.54) is 12.1 Å². The van der Waals surface area contributed by atoms with E-state index < -0.39 is 5.97 Å². The van der Waals surface area contributed by atoms with Crippen molar-refractivity contribution in [1.29, 1.82) is 0 Å². The van der Waals surface area contributed by atoms with Crippen LogP contribution in [-0.4, -0.2) is 22.8 Å². The first-order valence-electron chi connectivity index (χ1n) is 6.65. The Bertz CT molecular complexity index is 593. The predicted molar refractivity (Wildman–Crippen MR) is 76.0 cm³/mol. The van der Waals surface area contributed by atoms with Gasteiger partial charge in [-0.2, -0.15) is 0 Å². The number of carbonyl (C=O) groups is 1. The molecule has 2 N–H and O–H groups in total. The van der Waals surface area contributed by atoms with Crippen molar-refractivity contribution < 1.29 is 15.0 Å². The maximum absolute atomic E-state index is 10.7. The van der Waals surface area contributed by atoms with Crippen molar-refractivity contribution in [2.75, 3.05) is 6.61 Å². The third-order valence-corrected chi connectivity index (χ3v) is 3.48. The molecule has 1 aliphatic carbocycles. The van der Waals surface area contributed by atoms with Gasteiger partial charge in [0.1, 0.15) is 0 Å². The number of carboxylic acid groups (broad SMARTS) is 1. The van der Waals surface area contributed by atoms with Crippen LogP contribution < -0.4 is 0 Å². The smallest absolute Gasteiger partial charge is 0.335 e. The van der Waals surface area contributed by atoms with Crippen LogP contribution in [0.3, 0.4) is 0 Å². The summed E-state index contributed by atoms with van der Waals surface area (Å²) in [7, 11) is 0. The molecule has 20 heavy (non-hydrogen) atoms. The van der Waals surface area contributed by atoms with Gasteiger partial charge in [-0.3, -0.25) is 0 Å². The fourth-order valence-electron chi connectivity index (χ4n) is 2.31. The highest BCUT2D eigenvalue weighted by Gasteiger charge is 2.22. The zero-order valence-corrected chi connectivity index (χ0v) is 11.1. The van der Waals surface area contributed by atoms with Crippen LogP contribution in [0.5, 0.6) is 0 Å². The summed E-state index contributed by atoms with van der Waals surface area (Å²) in [5.41, 5.74) is 1.01. The van der Waals surface area contributed by atoms with Crippen LogP contribution in [-0.2, 0) is 0 Å². The van der Waals surface area contributed by atoms with Crippen molar-refractivity contribution >= 4 is 5.97 Å². The second kappa shape index (κ2) is 6.80. The number of aliphatic hydroxyl groups is 1. The first kappa shape index (κ1) is 14.2. The lowest BCUT2D eigenvalue weighted by atomic mass is 10.1. The summed E-state index contributed by atoms with van der Waals surface area (Å²) in [5.74, 6) is 11.4. The summed E-state index contributed by atoms with van der Waals surface area (Å²) in [4.78, 5) is 10.7. The molecule has 2 atom stereocenters. The van der Waals surface area contributed by atoms with E-state index in [4.69, 9.17) is 10.2 Å². The SMILES string of the molecule is O=C(O)c1ccc(C#CC#CC2CCC(CO)C2)cc1. The van der Waals surface area contributed by atoms with Crippen molar-refractivity contribution in [3.8, 4) is 23.7 Å². The molecule has 2 rings (SSSR count). The van der Waals surface area contributed by atoms with E-state index in [9.17, 15) is 4.79 Å². The zero-order valence-electron chi connectivity index (χ0n) is 11.1. The van der Waals surface area contributed by atoms with E-state index in [2.05, 4.69) is 23.7 Å². The van der Waals surface area contributed by atoms with E-state index in [1.54, 1.807) is 12.1 Å². The summed E-state index contributed by atoms with van der Waals surface area (Å²) < 4.78 is 0. The van der Waals surface area contributed by atoms with E-state index in [-0.39, 0.29) is 12.2 Å². The molecule has 0 amide bonds. The van der Waals surface area contributed by atoms with Crippen LogP contribution >= 0.6 is 0 Å². The minimum absolute atomic E-state index is 0.250. The highest BCUT2D eigenvalue weighted by Crippen LogP contribution is 2.29. The fourth-order valence-corrected chi connectivity index (χ4v) is 2.31. The molecule has 1 fully saturated rings. The van der Waals surface area contributed by atoms with Gasteiger partial charge in [-0.15, -0.1) is 0 Å². The van der Waals surface area contributed by atoms with Gasteiger partial charge in [0.15, 0.2) is 0 Å². The Balaban J connectivity index is 1.93. The Labute approximate surface area is 118 Å². The number of aromatic carboxylic acids is 1. The number of hydrogen-bond acceptors (Lipinski definition) is 2. The quantitative estimate of drug-likeness (QED) is 0.808. The second-order valence-electron chi connectivity index (χ2n) is 4.96. The highest BCUT2D eigenvalue weighted by atomic mass is 16.4. The maximum atomic E-state index is 10.7. The Morgan fingerprint density at radius 3 is 2.55 bits per heavy atom. The molecule has 1 saturated carbocycles. The van der Waals surface area contributed by atoms with Gasteiger partial charge in [-0.1, -0.05) is 11.8 Å². The third kappa shape index (κ3) is 3.88. The van der Waals surface area contributed by atoms with Gasteiger partial charge in [0, 0.05) is 18.1 Å². The summed E-state index contributed by atoms with van der Waals surface area (Å²) in [6, 6.07) is 6.41. The van der Waals surface area contributed by atoms with E-state index in [0.717, 1.165) is 24.8 Å². The molecule has 0 aromatic heterocycles. The first-order chi connectivity index (χ1) is 9.69. The normalized spacial score (nSPS) is 20.4. The summed E-state index contributed by atoms with van der Waals surface area (Å²) in [6.45, 7) is 0.250. The number of hydrogen-bond donors (Lipinski definition) is 2. The number of aliphatic hydroxyl groups excluding tert-OH is 1. The molecule has 1 aromatic carbocycles. The minimum Gasteiger partial charge on any atom is -0.478 e. The minimum atomic E-state index is -0.941. The van der Waals surface area contributed by atoms with Crippen molar-refractivity contribution in [3.05, 3.63) is 35.4 Å². The van der Waals surface area contributed by atoms with Gasteiger partial charge < -0.3 is 10.2 Å². The van der Waals surface area contributed by atoms with Crippen molar-refractivity contribution in [2.45, 2.75) is 19.3 Å². The summed E-state index contributed by atoms with van der Waals surface area (Å²) >= 11 is 0. The van der Waals surface area contributed by atoms with Gasteiger partial charge in [0.05, 0.1) is 5.56 Å². The van der Waals surface area contributed by atoms with Crippen LogP contribution in [0.4, 0.5) is 0 Å². The average molecular weight is 268 g/mol. The molecule has 1 aliphatic rings. The van der Waals surface area contributed by atoms with Crippen LogP contribution in [0.2, 0.25) is 0 Å². The lowest BCUT2D eigenvalue weighted by Crippen LogP contribution is -1.99. The molecule has 2 unspecified atom stereocenters. The molecule has 0 saturated heterocycles. The fraction of sp³-hybridized carbons (Fsp3) is 0.353. The molecule has 0 bridgehead atoms. The monoisotopic (exact) mass is 268 g/mol. The molecular formula is C17H16O3.